The van der Waals surface area contributed by atoms with Crippen LogP contribution in [0.2, 0.25) is 0 Å². The van der Waals surface area contributed by atoms with E-state index in [1.165, 1.54) is 0 Å². The van der Waals surface area contributed by atoms with E-state index in [1.54, 1.807) is 6.92 Å². The number of aromatic nitrogens is 2. The molecule has 4 nitrogen and oxygen atoms in total. The van der Waals surface area contributed by atoms with Gasteiger partial charge in [-0.15, -0.1) is 0 Å². The summed E-state index contributed by atoms with van der Waals surface area (Å²) in [4.78, 5) is 10.2. The first kappa shape index (κ1) is 7.14. The molecule has 10 heavy (non-hydrogen) atoms. The first-order valence-electron chi connectivity index (χ1n) is 2.70. The summed E-state index contributed by atoms with van der Waals surface area (Å²) in [6.45, 7) is 1.75. The summed E-state index contributed by atoms with van der Waals surface area (Å²) in [5.41, 5.74) is 1.28. The molecule has 0 radical (unpaired) electrons. The highest BCUT2D eigenvalue weighted by Gasteiger charge is 2.06. The maximum absolute atomic E-state index is 10.2. The lowest BCUT2D eigenvalue weighted by molar-refractivity contribution is -0.136. The van der Waals surface area contributed by atoms with Crippen molar-refractivity contribution in [3.63, 3.8) is 0 Å². The van der Waals surface area contributed by atoms with Crippen LogP contribution in [0.5, 0.6) is 0 Å². The Labute approximate surface area is 61.8 Å². The Kier molecular flexibility index (Phi) is 1.96. The van der Waals surface area contributed by atoms with E-state index in [1.807, 2.05) is 0 Å². The minimum atomic E-state index is -0.865. The fourth-order valence-electron chi connectivity index (χ4n) is 0.553. The second-order valence-electron chi connectivity index (χ2n) is 1.87. The van der Waals surface area contributed by atoms with Crippen molar-refractivity contribution in [2.24, 2.45) is 0 Å². The maximum atomic E-state index is 10.2. The van der Waals surface area contributed by atoms with Crippen molar-refractivity contribution in [2.45, 2.75) is 13.3 Å². The van der Waals surface area contributed by atoms with Crippen molar-refractivity contribution in [3.05, 3.63) is 11.4 Å². The van der Waals surface area contributed by atoms with E-state index in [0.29, 0.717) is 11.4 Å². The van der Waals surface area contributed by atoms with Crippen LogP contribution >= 0.6 is 11.7 Å². The zero-order valence-corrected chi connectivity index (χ0v) is 6.18. The van der Waals surface area contributed by atoms with E-state index in [4.69, 9.17) is 5.11 Å². The van der Waals surface area contributed by atoms with E-state index < -0.39 is 5.97 Å². The fourth-order valence-corrected chi connectivity index (χ4v) is 1.12. The first-order chi connectivity index (χ1) is 4.70. The van der Waals surface area contributed by atoms with Crippen LogP contribution in [0.25, 0.3) is 0 Å². The molecule has 0 aliphatic rings. The Morgan fingerprint density at radius 2 is 2.40 bits per heavy atom. The van der Waals surface area contributed by atoms with Crippen LogP contribution in [0.1, 0.15) is 11.4 Å². The van der Waals surface area contributed by atoms with Crippen LogP contribution in [-0.4, -0.2) is 19.8 Å². The number of carbonyl (C=O) groups is 1. The fraction of sp³-hybridized carbons (Fsp3) is 0.400. The molecule has 0 atom stereocenters. The first-order valence-corrected chi connectivity index (χ1v) is 3.43. The van der Waals surface area contributed by atoms with Gasteiger partial charge in [-0.2, -0.15) is 8.75 Å². The average Bonchev–Trinajstić information content (AvgIpc) is 2.15. The smallest absolute Gasteiger partial charge is 0.309 e. The largest absolute Gasteiger partial charge is 0.481 e. The van der Waals surface area contributed by atoms with E-state index in [-0.39, 0.29) is 6.42 Å². The quantitative estimate of drug-likeness (QED) is 0.679. The van der Waals surface area contributed by atoms with Crippen molar-refractivity contribution >= 4 is 17.7 Å². The van der Waals surface area contributed by atoms with Crippen LogP contribution in [0.3, 0.4) is 0 Å². The number of aliphatic carboxylic acids is 1. The predicted molar refractivity (Wildman–Crippen MR) is 36.0 cm³/mol. The molecule has 1 N–H and O–H groups in total. The van der Waals surface area contributed by atoms with Crippen molar-refractivity contribution in [1.29, 1.82) is 0 Å². The standard InChI is InChI=1S/C5H6N2O2S/c1-3-4(2-5(8)9)7-10-6-3/h2H2,1H3,(H,8,9). The van der Waals surface area contributed by atoms with Crippen LogP contribution in [0.4, 0.5) is 0 Å². The molecule has 0 spiro atoms. The summed E-state index contributed by atoms with van der Waals surface area (Å²) < 4.78 is 7.64. The SMILES string of the molecule is Cc1nsnc1CC(=O)O. The number of carboxylic acids is 1. The lowest BCUT2D eigenvalue weighted by Crippen LogP contribution is -2.01. The van der Waals surface area contributed by atoms with E-state index >= 15 is 0 Å². The van der Waals surface area contributed by atoms with Gasteiger partial charge in [0.2, 0.25) is 0 Å². The van der Waals surface area contributed by atoms with E-state index in [0.717, 1.165) is 11.7 Å². The highest BCUT2D eigenvalue weighted by Crippen LogP contribution is 2.03. The highest BCUT2D eigenvalue weighted by molar-refractivity contribution is 6.99. The van der Waals surface area contributed by atoms with Crippen molar-refractivity contribution in [3.8, 4) is 0 Å². The number of carboxylic acid groups (broad SMARTS) is 1. The molecule has 0 unspecified atom stereocenters. The normalized spacial score (nSPS) is 9.70. The van der Waals surface area contributed by atoms with Crippen LogP contribution in [-0.2, 0) is 11.2 Å². The van der Waals surface area contributed by atoms with Gasteiger partial charge < -0.3 is 5.11 Å². The summed E-state index contributed by atoms with van der Waals surface area (Å²) >= 11 is 1.04. The number of aryl methyl sites for hydroxylation is 1. The van der Waals surface area contributed by atoms with Crippen LogP contribution in [0.15, 0.2) is 0 Å². The van der Waals surface area contributed by atoms with E-state index in [2.05, 4.69) is 8.75 Å². The molecule has 54 valence electrons. The zero-order chi connectivity index (χ0) is 7.56. The second-order valence-corrected chi connectivity index (χ2v) is 2.40. The van der Waals surface area contributed by atoms with E-state index in [9.17, 15) is 4.79 Å². The number of hydrogen-bond acceptors (Lipinski definition) is 4. The molecule has 5 heteroatoms. The molecule has 0 saturated heterocycles. The Morgan fingerprint density at radius 1 is 1.70 bits per heavy atom. The topological polar surface area (TPSA) is 63.1 Å². The molecule has 1 aromatic heterocycles. The van der Waals surface area contributed by atoms with Gasteiger partial charge in [-0.05, 0) is 6.92 Å². The van der Waals surface area contributed by atoms with Gasteiger partial charge in [-0.3, -0.25) is 4.79 Å². The van der Waals surface area contributed by atoms with Gasteiger partial charge in [0.05, 0.1) is 29.5 Å². The Balaban J connectivity index is 2.74. The molecule has 0 bridgehead atoms. The molecule has 1 aromatic rings. The molecule has 1 rings (SSSR count). The van der Waals surface area contributed by atoms with Crippen LogP contribution < -0.4 is 0 Å². The third-order valence-corrected chi connectivity index (χ3v) is 1.72. The zero-order valence-electron chi connectivity index (χ0n) is 5.37. The average molecular weight is 158 g/mol. The predicted octanol–water partition coefficient (Wildman–Crippen LogP) is 0.474. The van der Waals surface area contributed by atoms with Crippen LogP contribution in [0, 0.1) is 6.92 Å². The summed E-state index contributed by atoms with van der Waals surface area (Å²) in [6, 6.07) is 0. The molecule has 0 aromatic carbocycles. The summed E-state index contributed by atoms with van der Waals surface area (Å²) in [5.74, 6) is -0.865. The minimum absolute atomic E-state index is 0.0255. The van der Waals surface area contributed by atoms with Gasteiger partial charge in [-0.1, -0.05) is 0 Å². The van der Waals surface area contributed by atoms with Crippen molar-refractivity contribution in [1.82, 2.24) is 8.75 Å². The number of rotatable bonds is 2. The molecule has 0 amide bonds. The molecule has 0 aliphatic heterocycles. The molecule has 0 saturated carbocycles. The van der Waals surface area contributed by atoms with Gasteiger partial charge in [0, 0.05) is 0 Å². The maximum Gasteiger partial charge on any atom is 0.309 e. The van der Waals surface area contributed by atoms with Gasteiger partial charge in [-0.25, -0.2) is 0 Å². The monoisotopic (exact) mass is 158 g/mol. The third-order valence-electron chi connectivity index (χ3n) is 1.07. The number of nitrogens with zero attached hydrogens (tertiary/aromatic N) is 2. The van der Waals surface area contributed by atoms with Gasteiger partial charge in [0.25, 0.3) is 0 Å². The van der Waals surface area contributed by atoms with Crippen molar-refractivity contribution in [2.75, 3.05) is 0 Å². The van der Waals surface area contributed by atoms with Crippen molar-refractivity contribution < 1.29 is 9.90 Å². The summed E-state index contributed by atoms with van der Waals surface area (Å²) in [6.07, 6.45) is -0.0255. The van der Waals surface area contributed by atoms with Gasteiger partial charge in [0.15, 0.2) is 0 Å². The Bertz CT molecular complexity index is 246. The lowest BCUT2D eigenvalue weighted by atomic mass is 10.3. The lowest BCUT2D eigenvalue weighted by Gasteiger charge is -1.87. The molecule has 0 fully saturated rings. The minimum Gasteiger partial charge on any atom is -0.481 e. The summed E-state index contributed by atoms with van der Waals surface area (Å²) in [5, 5.41) is 8.35. The second kappa shape index (κ2) is 2.74. The highest BCUT2D eigenvalue weighted by atomic mass is 32.1. The van der Waals surface area contributed by atoms with Gasteiger partial charge in [0.1, 0.15) is 0 Å². The Hall–Kier alpha value is -0.970. The Morgan fingerprint density at radius 3 is 2.80 bits per heavy atom. The molecule has 1 heterocycles. The molecular formula is C5H6N2O2S. The molecular weight excluding hydrogens is 152 g/mol. The molecule has 0 aliphatic carbocycles. The number of hydrogen-bond donors (Lipinski definition) is 1. The third kappa shape index (κ3) is 1.51. The van der Waals surface area contributed by atoms with Gasteiger partial charge >= 0.3 is 5.97 Å². The summed E-state index contributed by atoms with van der Waals surface area (Å²) in [7, 11) is 0.